The maximum absolute atomic E-state index is 13.2. The molecular weight excluding hydrogens is 447 g/mol. The van der Waals surface area contributed by atoms with E-state index in [4.69, 9.17) is 0 Å². The number of hydrogen-bond acceptors (Lipinski definition) is 5. The second-order valence-corrected chi connectivity index (χ2v) is 8.46. The molecule has 0 saturated carbocycles. The van der Waals surface area contributed by atoms with Gasteiger partial charge in [-0.05, 0) is 35.0 Å². The molecule has 1 heterocycles. The van der Waals surface area contributed by atoms with Crippen molar-refractivity contribution >= 4 is 44.4 Å². The van der Waals surface area contributed by atoms with E-state index in [0.29, 0.717) is 21.4 Å². The minimum Gasteiger partial charge on any atom is -0.312 e. The van der Waals surface area contributed by atoms with E-state index < -0.39 is 5.82 Å². The van der Waals surface area contributed by atoms with Crippen molar-refractivity contribution in [1.82, 2.24) is 4.98 Å². The van der Waals surface area contributed by atoms with Gasteiger partial charge in [0.25, 0.3) is 5.91 Å². The number of hydrazone groups is 1. The summed E-state index contributed by atoms with van der Waals surface area (Å²) < 4.78 is 13.2. The fourth-order valence-electron chi connectivity index (χ4n) is 3.54. The maximum Gasteiger partial charge on any atom is 0.256 e. The third kappa shape index (κ3) is 4.69. The molecule has 5 aromatic rings. The molecule has 34 heavy (non-hydrogen) atoms. The van der Waals surface area contributed by atoms with E-state index in [2.05, 4.69) is 39.0 Å². The summed E-state index contributed by atoms with van der Waals surface area (Å²) in [6, 6.07) is 29.1. The van der Waals surface area contributed by atoms with Gasteiger partial charge in [0, 0.05) is 16.7 Å². The largest absolute Gasteiger partial charge is 0.312 e. The lowest BCUT2D eigenvalue weighted by Crippen LogP contribution is -2.11. The molecule has 5 nitrogen and oxygen atoms in total. The smallest absolute Gasteiger partial charge is 0.256 e. The molecule has 4 aromatic carbocycles. The van der Waals surface area contributed by atoms with Gasteiger partial charge in [-0.25, -0.2) is 9.37 Å². The standard InChI is InChI=1S/C27H19FN4OS/c28-22-15-13-20(14-16-22)25(33)31-26-24(19-8-2-1-3-9-19)30-27(34-26)32-29-17-21-11-6-10-18-7-4-5-12-23(18)21/h1-17H,(H,30,32)(H,31,33)/b29-17+. The highest BCUT2D eigenvalue weighted by atomic mass is 32.1. The summed E-state index contributed by atoms with van der Waals surface area (Å²) in [5.41, 5.74) is 5.81. The van der Waals surface area contributed by atoms with Crippen LogP contribution in [0.25, 0.3) is 22.0 Å². The van der Waals surface area contributed by atoms with Crippen LogP contribution in [0.3, 0.4) is 0 Å². The molecule has 5 rings (SSSR count). The first kappa shape index (κ1) is 21.5. The minimum absolute atomic E-state index is 0.341. The Morgan fingerprint density at radius 2 is 1.62 bits per heavy atom. The molecular formula is C27H19FN4OS. The highest BCUT2D eigenvalue weighted by Crippen LogP contribution is 2.36. The van der Waals surface area contributed by atoms with Gasteiger partial charge in [-0.15, -0.1) is 0 Å². The van der Waals surface area contributed by atoms with Crippen LogP contribution in [0.4, 0.5) is 14.5 Å². The summed E-state index contributed by atoms with van der Waals surface area (Å²) in [5, 5.41) is 10.6. The van der Waals surface area contributed by atoms with E-state index in [1.807, 2.05) is 54.6 Å². The predicted octanol–water partition coefficient (Wildman–Crippen LogP) is 6.80. The fraction of sp³-hybridized carbons (Fsp3) is 0. The van der Waals surface area contributed by atoms with Gasteiger partial charge in [0.1, 0.15) is 16.5 Å². The molecule has 0 saturated heterocycles. The Balaban J connectivity index is 1.41. The third-order valence-electron chi connectivity index (χ3n) is 5.20. The van der Waals surface area contributed by atoms with E-state index >= 15 is 0 Å². The number of amides is 1. The highest BCUT2D eigenvalue weighted by Gasteiger charge is 2.16. The van der Waals surface area contributed by atoms with Gasteiger partial charge in [-0.3, -0.25) is 10.2 Å². The Kier molecular flexibility index (Phi) is 6.09. The summed E-state index contributed by atoms with van der Waals surface area (Å²) >= 11 is 1.28. The lowest BCUT2D eigenvalue weighted by atomic mass is 10.1. The van der Waals surface area contributed by atoms with Gasteiger partial charge in [-0.2, -0.15) is 5.10 Å². The molecule has 7 heteroatoms. The molecule has 0 bridgehead atoms. The first-order valence-corrected chi connectivity index (χ1v) is 11.4. The maximum atomic E-state index is 13.2. The van der Waals surface area contributed by atoms with Crippen LogP contribution in [-0.2, 0) is 0 Å². The van der Waals surface area contributed by atoms with Gasteiger partial charge >= 0.3 is 0 Å². The predicted molar refractivity (Wildman–Crippen MR) is 137 cm³/mol. The molecule has 0 aliphatic rings. The Bertz CT molecular complexity index is 1470. The zero-order valence-corrected chi connectivity index (χ0v) is 18.7. The van der Waals surface area contributed by atoms with E-state index in [1.165, 1.54) is 35.6 Å². The Morgan fingerprint density at radius 1 is 0.882 bits per heavy atom. The lowest BCUT2D eigenvalue weighted by Gasteiger charge is -2.05. The number of anilines is 2. The fourth-order valence-corrected chi connectivity index (χ4v) is 4.37. The Morgan fingerprint density at radius 3 is 2.44 bits per heavy atom. The second-order valence-electron chi connectivity index (χ2n) is 7.46. The van der Waals surface area contributed by atoms with Crippen molar-refractivity contribution < 1.29 is 9.18 Å². The molecule has 0 spiro atoms. The summed E-state index contributed by atoms with van der Waals surface area (Å²) in [6.45, 7) is 0. The summed E-state index contributed by atoms with van der Waals surface area (Å²) in [7, 11) is 0. The summed E-state index contributed by atoms with van der Waals surface area (Å²) in [4.78, 5) is 17.4. The van der Waals surface area contributed by atoms with E-state index in [9.17, 15) is 9.18 Å². The van der Waals surface area contributed by atoms with Crippen molar-refractivity contribution in [1.29, 1.82) is 0 Å². The number of aromatic nitrogens is 1. The number of hydrogen-bond donors (Lipinski definition) is 2. The number of thiazole rings is 1. The monoisotopic (exact) mass is 466 g/mol. The molecule has 0 aliphatic carbocycles. The first-order valence-electron chi connectivity index (χ1n) is 10.6. The number of halogens is 1. The normalized spacial score (nSPS) is 11.1. The van der Waals surface area contributed by atoms with Crippen LogP contribution in [0.1, 0.15) is 15.9 Å². The number of benzene rings is 4. The third-order valence-corrected chi connectivity index (χ3v) is 6.07. The quantitative estimate of drug-likeness (QED) is 0.214. The lowest BCUT2D eigenvalue weighted by molar-refractivity contribution is 0.102. The van der Waals surface area contributed by atoms with Gasteiger partial charge in [0.15, 0.2) is 0 Å². The van der Waals surface area contributed by atoms with E-state index in [0.717, 1.165) is 21.9 Å². The number of carbonyl (C=O) groups excluding carboxylic acids is 1. The topological polar surface area (TPSA) is 66.4 Å². The van der Waals surface area contributed by atoms with Crippen molar-refractivity contribution in [3.8, 4) is 11.3 Å². The molecule has 2 N–H and O–H groups in total. The van der Waals surface area contributed by atoms with E-state index in [-0.39, 0.29) is 5.91 Å². The SMILES string of the molecule is O=C(Nc1sc(N/N=C/c2cccc3ccccc23)nc1-c1ccccc1)c1ccc(F)cc1. The van der Waals surface area contributed by atoms with Crippen LogP contribution in [0, 0.1) is 5.82 Å². The zero-order chi connectivity index (χ0) is 23.3. The van der Waals surface area contributed by atoms with Crippen LogP contribution in [-0.4, -0.2) is 17.1 Å². The molecule has 166 valence electrons. The van der Waals surface area contributed by atoms with Crippen molar-refractivity contribution in [3.63, 3.8) is 0 Å². The number of carbonyl (C=O) groups is 1. The van der Waals surface area contributed by atoms with E-state index in [1.54, 1.807) is 6.21 Å². The van der Waals surface area contributed by atoms with Crippen LogP contribution in [0.15, 0.2) is 102 Å². The van der Waals surface area contributed by atoms with Crippen LogP contribution >= 0.6 is 11.3 Å². The average molecular weight is 467 g/mol. The molecule has 0 unspecified atom stereocenters. The highest BCUT2D eigenvalue weighted by molar-refractivity contribution is 7.20. The molecule has 0 atom stereocenters. The summed E-state index contributed by atoms with van der Waals surface area (Å²) in [6.07, 6.45) is 1.75. The first-order chi connectivity index (χ1) is 16.7. The number of rotatable bonds is 6. The zero-order valence-electron chi connectivity index (χ0n) is 17.9. The second kappa shape index (κ2) is 9.64. The number of nitrogens with zero attached hydrogens (tertiary/aromatic N) is 2. The Hall–Kier alpha value is -4.36. The molecule has 1 amide bonds. The number of fused-ring (bicyclic) bond motifs is 1. The summed E-state index contributed by atoms with van der Waals surface area (Å²) in [5.74, 6) is -0.735. The average Bonchev–Trinajstić information content (AvgIpc) is 3.27. The van der Waals surface area contributed by atoms with Crippen LogP contribution in [0.2, 0.25) is 0 Å². The van der Waals surface area contributed by atoms with Crippen molar-refractivity contribution in [2.24, 2.45) is 5.10 Å². The number of nitrogens with one attached hydrogen (secondary N) is 2. The van der Waals surface area contributed by atoms with Gasteiger partial charge in [-0.1, -0.05) is 84.1 Å². The van der Waals surface area contributed by atoms with Gasteiger partial charge in [0.05, 0.1) is 6.21 Å². The van der Waals surface area contributed by atoms with Crippen molar-refractivity contribution in [3.05, 3.63) is 114 Å². The molecule has 0 aliphatic heterocycles. The van der Waals surface area contributed by atoms with Crippen LogP contribution < -0.4 is 10.7 Å². The molecule has 1 aromatic heterocycles. The van der Waals surface area contributed by atoms with Crippen molar-refractivity contribution in [2.75, 3.05) is 10.7 Å². The van der Waals surface area contributed by atoms with Gasteiger partial charge < -0.3 is 5.32 Å². The van der Waals surface area contributed by atoms with Crippen molar-refractivity contribution in [2.45, 2.75) is 0 Å². The Labute approximate surface area is 199 Å². The van der Waals surface area contributed by atoms with Crippen LogP contribution in [0.5, 0.6) is 0 Å². The minimum atomic E-state index is -0.394. The van der Waals surface area contributed by atoms with Gasteiger partial charge in [0.2, 0.25) is 5.13 Å². The molecule has 0 radical (unpaired) electrons. The molecule has 0 fully saturated rings.